The Kier molecular flexibility index (Phi) is 6.05. The van der Waals surface area contributed by atoms with Crippen molar-refractivity contribution in [2.45, 2.75) is 6.42 Å². The Morgan fingerprint density at radius 3 is 2.37 bits per heavy atom. The van der Waals surface area contributed by atoms with E-state index in [9.17, 15) is 9.59 Å². The molecule has 1 aliphatic rings. The highest BCUT2D eigenvalue weighted by Crippen LogP contribution is 2.33. The van der Waals surface area contributed by atoms with Crippen LogP contribution < -0.4 is 14.4 Å². The topological polar surface area (TPSA) is 89.3 Å². The van der Waals surface area contributed by atoms with E-state index in [-0.39, 0.29) is 24.9 Å². The third-order valence-electron chi connectivity index (χ3n) is 6.07. The maximum atomic E-state index is 12.9. The third-order valence-corrected chi connectivity index (χ3v) is 6.07. The molecule has 0 saturated carbocycles. The number of methoxy groups -OCH3 is 2. The number of carbonyl (C=O) groups is 2. The number of ether oxygens (including phenoxy) is 2. The van der Waals surface area contributed by atoms with Crippen LogP contribution in [0.1, 0.15) is 5.56 Å². The molecule has 0 bridgehead atoms. The van der Waals surface area contributed by atoms with Crippen molar-refractivity contribution in [3.63, 3.8) is 0 Å². The van der Waals surface area contributed by atoms with Gasteiger partial charge >= 0.3 is 0 Å². The molecular weight excluding hydrogens is 446 g/mol. The molecule has 35 heavy (non-hydrogen) atoms. The maximum absolute atomic E-state index is 12.9. The third kappa shape index (κ3) is 4.40. The lowest BCUT2D eigenvalue weighted by Gasteiger charge is -2.33. The van der Waals surface area contributed by atoms with Crippen molar-refractivity contribution in [1.29, 1.82) is 0 Å². The van der Waals surface area contributed by atoms with E-state index in [2.05, 4.69) is 10.1 Å². The largest absolute Gasteiger partial charge is 0.493 e. The Balaban J connectivity index is 1.38. The molecule has 9 nitrogen and oxygen atoms in total. The molecule has 0 N–H and O–H groups in total. The number of aromatic nitrogens is 3. The molecule has 1 saturated heterocycles. The molecule has 2 amide bonds. The first-order chi connectivity index (χ1) is 17.1. The van der Waals surface area contributed by atoms with Crippen LogP contribution in [0.2, 0.25) is 0 Å². The average Bonchev–Trinajstić information content (AvgIpc) is 3.33. The lowest BCUT2D eigenvalue weighted by atomic mass is 10.1. The number of imide groups is 1. The number of carbonyl (C=O) groups excluding carboxylic acids is 2. The maximum Gasteiger partial charge on any atom is 0.248 e. The zero-order valence-corrected chi connectivity index (χ0v) is 19.5. The van der Waals surface area contributed by atoms with Gasteiger partial charge in [-0.1, -0.05) is 30.3 Å². The molecule has 3 heterocycles. The summed E-state index contributed by atoms with van der Waals surface area (Å²) in [6.45, 7) is 0.511. The Morgan fingerprint density at radius 1 is 0.914 bits per heavy atom. The summed E-state index contributed by atoms with van der Waals surface area (Å²) >= 11 is 0. The van der Waals surface area contributed by atoms with Crippen LogP contribution in [0.15, 0.2) is 67.0 Å². The summed E-state index contributed by atoms with van der Waals surface area (Å²) in [5, 5.41) is 4.66. The summed E-state index contributed by atoms with van der Waals surface area (Å²) in [6.07, 6.45) is 3.98. The second kappa shape index (κ2) is 9.46. The number of anilines is 1. The van der Waals surface area contributed by atoms with Crippen molar-refractivity contribution in [3.8, 4) is 22.8 Å². The molecule has 5 rings (SSSR count). The van der Waals surface area contributed by atoms with E-state index >= 15 is 0 Å². The standard InChI is InChI=1S/C26H25N5O4/c1-34-22-9-8-19(14-23(22)35-2)20-15-21-26(27-11-13-31(21)28-20)29-16-24(32)30(25(33)17-29)12-10-18-6-4-3-5-7-18/h3-9,11,13-15H,10,12,16-17H2,1-2H3. The summed E-state index contributed by atoms with van der Waals surface area (Å²) in [5.74, 6) is 1.30. The SMILES string of the molecule is COc1ccc(-c2cc3c(N4CC(=O)N(CCc5ccccc5)C(=O)C4)nccn3n2)cc1OC. The minimum absolute atomic E-state index is 0.0735. The molecule has 1 fully saturated rings. The van der Waals surface area contributed by atoms with Crippen LogP contribution in [0.5, 0.6) is 11.5 Å². The van der Waals surface area contributed by atoms with E-state index in [1.807, 2.05) is 54.6 Å². The number of benzene rings is 2. The van der Waals surface area contributed by atoms with Crippen LogP contribution in [0, 0.1) is 0 Å². The van der Waals surface area contributed by atoms with E-state index in [1.54, 1.807) is 36.0 Å². The summed E-state index contributed by atoms with van der Waals surface area (Å²) in [7, 11) is 3.17. The van der Waals surface area contributed by atoms with Gasteiger partial charge < -0.3 is 14.4 Å². The van der Waals surface area contributed by atoms with Gasteiger partial charge in [-0.2, -0.15) is 5.10 Å². The van der Waals surface area contributed by atoms with Crippen molar-refractivity contribution in [1.82, 2.24) is 19.5 Å². The number of amides is 2. The van der Waals surface area contributed by atoms with Crippen LogP contribution in [-0.2, 0) is 16.0 Å². The Labute approximate surface area is 202 Å². The van der Waals surface area contributed by atoms with Crippen molar-refractivity contribution >= 4 is 23.1 Å². The molecule has 9 heteroatoms. The Hall–Kier alpha value is -4.40. The molecule has 2 aromatic heterocycles. The summed E-state index contributed by atoms with van der Waals surface area (Å²) in [5.41, 5.74) is 3.34. The number of piperazine rings is 1. The fourth-order valence-electron chi connectivity index (χ4n) is 4.27. The average molecular weight is 472 g/mol. The predicted octanol–water partition coefficient (Wildman–Crippen LogP) is 2.83. The first kappa shape index (κ1) is 22.4. The van der Waals surface area contributed by atoms with Crippen LogP contribution in [0.3, 0.4) is 0 Å². The second-order valence-electron chi connectivity index (χ2n) is 8.21. The van der Waals surface area contributed by atoms with Crippen molar-refractivity contribution in [3.05, 3.63) is 72.6 Å². The monoisotopic (exact) mass is 471 g/mol. The molecule has 0 atom stereocenters. The Morgan fingerprint density at radius 2 is 1.66 bits per heavy atom. The highest BCUT2D eigenvalue weighted by Gasteiger charge is 2.32. The second-order valence-corrected chi connectivity index (χ2v) is 8.21. The van der Waals surface area contributed by atoms with Gasteiger partial charge in [0.1, 0.15) is 5.52 Å². The van der Waals surface area contributed by atoms with E-state index in [0.29, 0.717) is 41.5 Å². The molecule has 0 radical (unpaired) electrons. The first-order valence-corrected chi connectivity index (χ1v) is 11.3. The smallest absolute Gasteiger partial charge is 0.248 e. The van der Waals surface area contributed by atoms with Gasteiger partial charge in [-0.3, -0.25) is 14.5 Å². The molecular formula is C26H25N5O4. The van der Waals surface area contributed by atoms with Crippen LogP contribution >= 0.6 is 0 Å². The number of nitrogens with zero attached hydrogens (tertiary/aromatic N) is 5. The first-order valence-electron chi connectivity index (χ1n) is 11.3. The lowest BCUT2D eigenvalue weighted by molar-refractivity contribution is -0.145. The van der Waals surface area contributed by atoms with Gasteiger partial charge in [0, 0.05) is 24.5 Å². The highest BCUT2D eigenvalue weighted by atomic mass is 16.5. The molecule has 1 aliphatic heterocycles. The van der Waals surface area contributed by atoms with E-state index in [0.717, 1.165) is 11.1 Å². The molecule has 0 spiro atoms. The van der Waals surface area contributed by atoms with E-state index < -0.39 is 0 Å². The molecule has 2 aromatic carbocycles. The minimum Gasteiger partial charge on any atom is -0.493 e. The number of rotatable bonds is 7. The van der Waals surface area contributed by atoms with Crippen LogP contribution in [0.4, 0.5) is 5.82 Å². The lowest BCUT2D eigenvalue weighted by Crippen LogP contribution is -2.54. The van der Waals surface area contributed by atoms with E-state index in [1.165, 1.54) is 4.90 Å². The molecule has 178 valence electrons. The molecule has 0 aliphatic carbocycles. The Bertz CT molecular complexity index is 1370. The van der Waals surface area contributed by atoms with Crippen molar-refractivity contribution < 1.29 is 19.1 Å². The van der Waals surface area contributed by atoms with Crippen LogP contribution in [0.25, 0.3) is 16.8 Å². The van der Waals surface area contributed by atoms with Crippen molar-refractivity contribution in [2.24, 2.45) is 0 Å². The summed E-state index contributed by atoms with van der Waals surface area (Å²) in [6, 6.07) is 17.3. The van der Waals surface area contributed by atoms with Crippen molar-refractivity contribution in [2.75, 3.05) is 38.8 Å². The van der Waals surface area contributed by atoms with Gasteiger partial charge in [0.15, 0.2) is 17.3 Å². The fraction of sp³-hybridized carbons (Fsp3) is 0.231. The predicted molar refractivity (Wildman–Crippen MR) is 131 cm³/mol. The summed E-state index contributed by atoms with van der Waals surface area (Å²) in [4.78, 5) is 33.3. The minimum atomic E-state index is -0.236. The number of fused-ring (bicyclic) bond motifs is 1. The van der Waals surface area contributed by atoms with Gasteiger partial charge in [-0.05, 0) is 36.2 Å². The van der Waals surface area contributed by atoms with Gasteiger partial charge in [0.2, 0.25) is 11.8 Å². The van der Waals surface area contributed by atoms with Gasteiger partial charge in [-0.25, -0.2) is 9.50 Å². The molecule has 0 unspecified atom stereocenters. The zero-order valence-electron chi connectivity index (χ0n) is 19.5. The molecule has 4 aromatic rings. The number of hydrogen-bond acceptors (Lipinski definition) is 7. The number of hydrogen-bond donors (Lipinski definition) is 0. The van der Waals surface area contributed by atoms with E-state index in [4.69, 9.17) is 9.47 Å². The normalized spacial score (nSPS) is 14.0. The fourth-order valence-corrected chi connectivity index (χ4v) is 4.27. The van der Waals surface area contributed by atoms with Gasteiger partial charge in [-0.15, -0.1) is 0 Å². The quantitative estimate of drug-likeness (QED) is 0.383. The van der Waals surface area contributed by atoms with Gasteiger partial charge in [0.25, 0.3) is 0 Å². The highest BCUT2D eigenvalue weighted by molar-refractivity contribution is 6.03. The van der Waals surface area contributed by atoms with Crippen LogP contribution in [-0.4, -0.2) is 65.2 Å². The van der Waals surface area contributed by atoms with Gasteiger partial charge in [0.05, 0.1) is 33.0 Å². The zero-order chi connectivity index (χ0) is 24.4. The summed E-state index contributed by atoms with van der Waals surface area (Å²) < 4.78 is 12.4.